The monoisotopic (exact) mass is 905 g/mol. The number of hydrogen-bond acceptors (Lipinski definition) is 12. The SMILES string of the molecule is CCCCCCOP(=O)(Cl)Cl.CCCCCCOP(C)(=O)OCC1CCC(COC)CC1.CN(C)c1ccncc1.CN1CCOCC1.OCC1CCC(CO)CC1. The molecule has 1 atom stereocenters. The van der Waals surface area contributed by atoms with E-state index in [0.29, 0.717) is 56.7 Å². The van der Waals surface area contributed by atoms with E-state index < -0.39 is 13.7 Å². The number of ether oxygens (including phenoxy) is 2. The van der Waals surface area contributed by atoms with Gasteiger partial charge in [0.1, 0.15) is 0 Å². The van der Waals surface area contributed by atoms with Crippen LogP contribution in [0.3, 0.4) is 0 Å². The summed E-state index contributed by atoms with van der Waals surface area (Å²) < 4.78 is 48.7. The van der Waals surface area contributed by atoms with Gasteiger partial charge in [-0.25, -0.2) is 0 Å². The molecule has 16 heteroatoms. The van der Waals surface area contributed by atoms with Crippen LogP contribution in [0.1, 0.15) is 117 Å². The van der Waals surface area contributed by atoms with Crippen LogP contribution < -0.4 is 4.90 Å². The van der Waals surface area contributed by atoms with Crippen molar-refractivity contribution in [2.45, 2.75) is 117 Å². The molecule has 1 saturated heterocycles. The third-order valence-electron chi connectivity index (χ3n) is 10.4. The van der Waals surface area contributed by atoms with E-state index >= 15 is 0 Å². The zero-order chi connectivity index (χ0) is 43.5. The number of hydrogen-bond donors (Lipinski definition) is 2. The summed E-state index contributed by atoms with van der Waals surface area (Å²) in [5.74, 6) is 2.25. The van der Waals surface area contributed by atoms with Gasteiger partial charge < -0.3 is 43.1 Å². The molecule has 3 aliphatic rings. The lowest BCUT2D eigenvalue weighted by atomic mass is 9.83. The Labute approximate surface area is 363 Å². The van der Waals surface area contributed by atoms with Crippen LogP contribution in [0.2, 0.25) is 0 Å². The Morgan fingerprint density at radius 2 is 1.19 bits per heavy atom. The van der Waals surface area contributed by atoms with Crippen molar-refractivity contribution in [3.63, 3.8) is 0 Å². The van der Waals surface area contributed by atoms with Gasteiger partial charge in [-0.05, 0) is 130 Å². The first-order chi connectivity index (χ1) is 27.7. The zero-order valence-corrected chi connectivity index (χ0v) is 40.5. The first-order valence-electron chi connectivity index (χ1n) is 21.7. The molecule has 12 nitrogen and oxygen atoms in total. The van der Waals surface area contributed by atoms with Crippen LogP contribution in [0.4, 0.5) is 5.69 Å². The van der Waals surface area contributed by atoms with E-state index in [1.807, 2.05) is 31.1 Å². The van der Waals surface area contributed by atoms with Gasteiger partial charge in [-0.3, -0.25) is 14.1 Å². The number of methoxy groups -OCH3 is 1. The molecule has 1 aliphatic heterocycles. The van der Waals surface area contributed by atoms with Crippen LogP contribution >= 0.6 is 36.2 Å². The van der Waals surface area contributed by atoms with Gasteiger partial charge in [0, 0.05) is 78.9 Å². The van der Waals surface area contributed by atoms with E-state index in [-0.39, 0.29) is 0 Å². The highest BCUT2D eigenvalue weighted by Gasteiger charge is 2.25. The van der Waals surface area contributed by atoms with Crippen molar-refractivity contribution in [1.29, 1.82) is 0 Å². The van der Waals surface area contributed by atoms with Crippen molar-refractivity contribution >= 4 is 41.8 Å². The lowest BCUT2D eigenvalue weighted by molar-refractivity contribution is 0.0503. The Balaban J connectivity index is 0.000000746. The van der Waals surface area contributed by atoms with Gasteiger partial charge in [-0.1, -0.05) is 52.4 Å². The summed E-state index contributed by atoms with van der Waals surface area (Å²) in [7, 11) is 5.04. The first kappa shape index (κ1) is 57.7. The molecule has 0 radical (unpaired) electrons. The maximum absolute atomic E-state index is 12.2. The number of aromatic nitrogens is 1. The number of morpholine rings is 1. The third kappa shape index (κ3) is 35.3. The molecule has 3 fully saturated rings. The predicted molar refractivity (Wildman–Crippen MR) is 243 cm³/mol. The Morgan fingerprint density at radius 3 is 1.55 bits per heavy atom. The molecule has 58 heavy (non-hydrogen) atoms. The molecule has 0 amide bonds. The highest BCUT2D eigenvalue weighted by Crippen LogP contribution is 2.57. The van der Waals surface area contributed by atoms with Gasteiger partial charge in [-0.15, -0.1) is 0 Å². The predicted octanol–water partition coefficient (Wildman–Crippen LogP) is 10.9. The van der Waals surface area contributed by atoms with Crippen LogP contribution in [0.15, 0.2) is 24.5 Å². The van der Waals surface area contributed by atoms with Crippen LogP contribution in [0, 0.1) is 23.7 Å². The number of aliphatic hydroxyl groups is 2. The van der Waals surface area contributed by atoms with Crippen LogP contribution in [0.25, 0.3) is 0 Å². The second-order valence-electron chi connectivity index (χ2n) is 15.9. The van der Waals surface area contributed by atoms with Gasteiger partial charge >= 0.3 is 13.7 Å². The van der Waals surface area contributed by atoms with Gasteiger partial charge in [0.25, 0.3) is 0 Å². The summed E-state index contributed by atoms with van der Waals surface area (Å²) in [6.07, 6.45) is 18.2. The number of unbranched alkanes of at least 4 members (excludes halogenated alkanes) is 6. The van der Waals surface area contributed by atoms with E-state index in [4.69, 9.17) is 51.2 Å². The maximum atomic E-state index is 12.2. The Morgan fingerprint density at radius 1 is 0.741 bits per heavy atom. The molecule has 0 bridgehead atoms. The summed E-state index contributed by atoms with van der Waals surface area (Å²) in [6, 6.07) is 3.94. The molecule has 1 unspecified atom stereocenters. The van der Waals surface area contributed by atoms with Gasteiger partial charge in [0.15, 0.2) is 0 Å². The number of nitrogens with zero attached hydrogens (tertiary/aromatic N) is 3. The molecule has 1 aromatic heterocycles. The number of anilines is 1. The Hall–Kier alpha value is -0.330. The van der Waals surface area contributed by atoms with Crippen LogP contribution in [-0.2, 0) is 32.2 Å². The van der Waals surface area contributed by atoms with E-state index in [0.717, 1.165) is 104 Å². The standard InChI is InChI=1S/C16H33O4P.C8H16O2.C7H10N2.C6H13Cl2O2P.C5H11NO/c1-4-5-6-7-12-19-21(3,17)20-14-16-10-8-15(9-11-16)13-18-2;9-5-7-1-2-8(6-10)4-3-7;1-9(2)7-3-5-8-6-4-7;1-2-3-4-5-6-10-11(7,8)9;1-6-2-4-7-5-3-6/h15-16H,4-14H2,1-3H3;7-10H,1-6H2;3-6H,1-2H3;2-6H2,1H3;2-5H2,1H3. The molecule has 0 spiro atoms. The quantitative estimate of drug-likeness (QED) is 0.0951. The van der Waals surface area contributed by atoms with Crippen molar-refractivity contribution in [2.24, 2.45) is 23.7 Å². The summed E-state index contributed by atoms with van der Waals surface area (Å²) in [5, 5.41) is 17.6. The zero-order valence-electron chi connectivity index (χ0n) is 37.2. The van der Waals surface area contributed by atoms with Crippen molar-refractivity contribution in [3.05, 3.63) is 24.5 Å². The molecular weight excluding hydrogens is 823 g/mol. The third-order valence-corrected chi connectivity index (χ3v) is 12.7. The molecule has 1 aromatic rings. The van der Waals surface area contributed by atoms with Crippen molar-refractivity contribution in [2.75, 3.05) is 106 Å². The van der Waals surface area contributed by atoms with Crippen molar-refractivity contribution < 1.29 is 42.4 Å². The number of likely N-dealkylation sites (N-methyl/N-ethyl adjacent to an activating group) is 1. The van der Waals surface area contributed by atoms with Crippen LogP contribution in [0.5, 0.6) is 0 Å². The first-order valence-corrected chi connectivity index (χ1v) is 27.2. The molecule has 4 rings (SSSR count). The summed E-state index contributed by atoms with van der Waals surface area (Å²) in [4.78, 5) is 8.21. The molecule has 2 N–H and O–H groups in total. The number of halogens is 2. The van der Waals surface area contributed by atoms with E-state index in [1.165, 1.54) is 37.8 Å². The average Bonchev–Trinajstić information content (AvgIpc) is 3.22. The average molecular weight is 907 g/mol. The highest BCUT2D eigenvalue weighted by atomic mass is 35.9. The smallest absolute Gasteiger partial charge is 0.380 e. The summed E-state index contributed by atoms with van der Waals surface area (Å²) >= 11 is 10.3. The van der Waals surface area contributed by atoms with Crippen LogP contribution in [-0.4, -0.2) is 121 Å². The molecule has 2 saturated carbocycles. The second kappa shape index (κ2) is 37.2. The maximum Gasteiger partial charge on any atom is 0.380 e. The topological polar surface area (TPSA) is 140 Å². The minimum atomic E-state index is -3.27. The van der Waals surface area contributed by atoms with E-state index in [9.17, 15) is 9.13 Å². The Bertz CT molecular complexity index is 1130. The second-order valence-corrected chi connectivity index (χ2v) is 22.2. The lowest BCUT2D eigenvalue weighted by Crippen LogP contribution is -2.32. The normalized spacial score (nSPS) is 21.9. The summed E-state index contributed by atoms with van der Waals surface area (Å²) in [5.41, 5.74) is 1.19. The molecule has 2 heterocycles. The number of aliphatic hydroxyl groups excluding tert-OH is 2. The minimum Gasteiger partial charge on any atom is -0.396 e. The van der Waals surface area contributed by atoms with Gasteiger partial charge in [-0.2, -0.15) is 0 Å². The number of pyridine rings is 1. The fourth-order valence-electron chi connectivity index (χ4n) is 6.43. The molecular formula is C42H83Cl2N3O9P2. The number of rotatable bonds is 20. The fraction of sp³-hybridized carbons (Fsp3) is 0.881. The van der Waals surface area contributed by atoms with Crippen molar-refractivity contribution in [3.8, 4) is 0 Å². The fourth-order valence-corrected chi connectivity index (χ4v) is 8.20. The minimum absolute atomic E-state index is 0.331. The van der Waals surface area contributed by atoms with Gasteiger partial charge in [0.05, 0.1) is 33.0 Å². The highest BCUT2D eigenvalue weighted by molar-refractivity contribution is 8.05. The molecule has 2 aliphatic carbocycles. The molecule has 344 valence electrons. The van der Waals surface area contributed by atoms with Crippen molar-refractivity contribution in [1.82, 2.24) is 9.88 Å². The largest absolute Gasteiger partial charge is 0.396 e. The van der Waals surface area contributed by atoms with E-state index in [1.54, 1.807) is 26.2 Å². The Kier molecular flexibility index (Phi) is 37.0. The summed E-state index contributed by atoms with van der Waals surface area (Å²) in [6.45, 7) is 13.0. The molecule has 0 aromatic carbocycles. The van der Waals surface area contributed by atoms with Gasteiger partial charge in [0.2, 0.25) is 0 Å². The van der Waals surface area contributed by atoms with E-state index in [2.05, 4.69) is 35.3 Å². The lowest BCUT2D eigenvalue weighted by Gasteiger charge is -2.28.